The Morgan fingerprint density at radius 3 is 2.79 bits per heavy atom. The maximum absolute atomic E-state index is 8.95. The molecule has 0 fully saturated rings. The predicted molar refractivity (Wildman–Crippen MR) is 59.3 cm³/mol. The second-order valence-corrected chi connectivity index (χ2v) is 3.54. The Kier molecular flexibility index (Phi) is 4.63. The number of nitrogens with one attached hydrogen (secondary N) is 1. The van der Waals surface area contributed by atoms with E-state index in [0.717, 1.165) is 13.0 Å². The number of rotatable bonds is 5. The molecule has 0 spiro atoms. The summed E-state index contributed by atoms with van der Waals surface area (Å²) in [5, 5.41) is 12.3. The van der Waals surface area contributed by atoms with Gasteiger partial charge in [-0.3, -0.25) is 0 Å². The van der Waals surface area contributed by atoms with Crippen molar-refractivity contribution in [2.24, 2.45) is 0 Å². The molecule has 1 aromatic rings. The molecule has 0 amide bonds. The standard InChI is InChI=1S/C12H19NO/c1-3-13-12(7-8-14)11-6-4-5-10(2)9-11/h4-6,9,12-14H,3,7-8H2,1-2H3. The number of aryl methyl sites for hydroxylation is 1. The number of benzene rings is 1. The first kappa shape index (κ1) is 11.2. The summed E-state index contributed by atoms with van der Waals surface area (Å²) in [7, 11) is 0. The Morgan fingerprint density at radius 2 is 2.21 bits per heavy atom. The molecule has 0 bridgehead atoms. The molecule has 1 aromatic carbocycles. The zero-order valence-corrected chi connectivity index (χ0v) is 8.96. The van der Waals surface area contributed by atoms with Crippen molar-refractivity contribution in [2.45, 2.75) is 26.3 Å². The van der Waals surface area contributed by atoms with Gasteiger partial charge in [0.25, 0.3) is 0 Å². The smallest absolute Gasteiger partial charge is 0.0449 e. The summed E-state index contributed by atoms with van der Waals surface area (Å²) in [4.78, 5) is 0. The van der Waals surface area contributed by atoms with Crippen LogP contribution in [-0.2, 0) is 0 Å². The molecule has 0 heterocycles. The zero-order valence-electron chi connectivity index (χ0n) is 8.96. The minimum Gasteiger partial charge on any atom is -0.396 e. The average Bonchev–Trinajstić information content (AvgIpc) is 2.17. The van der Waals surface area contributed by atoms with Gasteiger partial charge in [0.15, 0.2) is 0 Å². The van der Waals surface area contributed by atoms with E-state index in [0.29, 0.717) is 0 Å². The Bertz CT molecular complexity index is 267. The van der Waals surface area contributed by atoms with Crippen molar-refractivity contribution >= 4 is 0 Å². The van der Waals surface area contributed by atoms with Crippen LogP contribution in [-0.4, -0.2) is 18.3 Å². The molecule has 0 saturated heterocycles. The topological polar surface area (TPSA) is 32.3 Å². The summed E-state index contributed by atoms with van der Waals surface area (Å²) < 4.78 is 0. The van der Waals surface area contributed by atoms with Crippen molar-refractivity contribution in [3.63, 3.8) is 0 Å². The van der Waals surface area contributed by atoms with E-state index in [-0.39, 0.29) is 12.6 Å². The third-order valence-electron chi connectivity index (χ3n) is 2.31. The lowest BCUT2D eigenvalue weighted by molar-refractivity contribution is 0.266. The summed E-state index contributed by atoms with van der Waals surface area (Å²) >= 11 is 0. The fourth-order valence-corrected chi connectivity index (χ4v) is 1.65. The van der Waals surface area contributed by atoms with E-state index >= 15 is 0 Å². The molecule has 14 heavy (non-hydrogen) atoms. The van der Waals surface area contributed by atoms with Crippen LogP contribution in [0.1, 0.15) is 30.5 Å². The summed E-state index contributed by atoms with van der Waals surface area (Å²) in [6.07, 6.45) is 0.775. The van der Waals surface area contributed by atoms with Gasteiger partial charge in [0.05, 0.1) is 0 Å². The van der Waals surface area contributed by atoms with Gasteiger partial charge >= 0.3 is 0 Å². The Balaban J connectivity index is 2.75. The van der Waals surface area contributed by atoms with Crippen LogP contribution in [0.5, 0.6) is 0 Å². The van der Waals surface area contributed by atoms with Crippen molar-refractivity contribution in [1.82, 2.24) is 5.32 Å². The lowest BCUT2D eigenvalue weighted by Gasteiger charge is -2.17. The predicted octanol–water partition coefficient (Wildman–Crippen LogP) is 2.03. The van der Waals surface area contributed by atoms with E-state index in [1.54, 1.807) is 0 Å². The highest BCUT2D eigenvalue weighted by molar-refractivity contribution is 5.25. The molecule has 0 radical (unpaired) electrons. The summed E-state index contributed by atoms with van der Waals surface area (Å²) in [5.74, 6) is 0. The second kappa shape index (κ2) is 5.78. The van der Waals surface area contributed by atoms with Gasteiger partial charge in [-0.05, 0) is 25.5 Å². The maximum atomic E-state index is 8.95. The molecule has 1 atom stereocenters. The number of aliphatic hydroxyl groups excluding tert-OH is 1. The first-order valence-corrected chi connectivity index (χ1v) is 5.18. The highest BCUT2D eigenvalue weighted by Gasteiger charge is 2.08. The van der Waals surface area contributed by atoms with Crippen LogP contribution in [0.15, 0.2) is 24.3 Å². The molecule has 0 aliphatic carbocycles. The molecule has 2 N–H and O–H groups in total. The van der Waals surface area contributed by atoms with Crippen LogP contribution in [0.2, 0.25) is 0 Å². The molecule has 1 rings (SSSR count). The van der Waals surface area contributed by atoms with Crippen molar-refractivity contribution in [2.75, 3.05) is 13.2 Å². The molecule has 78 valence electrons. The van der Waals surface area contributed by atoms with E-state index in [4.69, 9.17) is 5.11 Å². The fraction of sp³-hybridized carbons (Fsp3) is 0.500. The monoisotopic (exact) mass is 193 g/mol. The normalized spacial score (nSPS) is 12.8. The van der Waals surface area contributed by atoms with E-state index < -0.39 is 0 Å². The van der Waals surface area contributed by atoms with Crippen LogP contribution in [0, 0.1) is 6.92 Å². The highest BCUT2D eigenvalue weighted by Crippen LogP contribution is 2.17. The van der Waals surface area contributed by atoms with Gasteiger partial charge in [-0.15, -0.1) is 0 Å². The van der Waals surface area contributed by atoms with Crippen LogP contribution >= 0.6 is 0 Å². The largest absolute Gasteiger partial charge is 0.396 e. The molecule has 2 nitrogen and oxygen atoms in total. The van der Waals surface area contributed by atoms with Gasteiger partial charge < -0.3 is 10.4 Å². The molecular weight excluding hydrogens is 174 g/mol. The van der Waals surface area contributed by atoms with E-state index in [2.05, 4.69) is 43.4 Å². The number of hydrogen-bond acceptors (Lipinski definition) is 2. The van der Waals surface area contributed by atoms with Crippen molar-refractivity contribution in [3.8, 4) is 0 Å². The Hall–Kier alpha value is -0.860. The van der Waals surface area contributed by atoms with Crippen LogP contribution < -0.4 is 5.32 Å². The SMILES string of the molecule is CCNC(CCO)c1cccc(C)c1. The highest BCUT2D eigenvalue weighted by atomic mass is 16.3. The van der Waals surface area contributed by atoms with Crippen molar-refractivity contribution < 1.29 is 5.11 Å². The Labute approximate surface area is 86.0 Å². The lowest BCUT2D eigenvalue weighted by atomic mass is 10.0. The summed E-state index contributed by atoms with van der Waals surface area (Å²) in [5.41, 5.74) is 2.53. The van der Waals surface area contributed by atoms with Crippen molar-refractivity contribution in [3.05, 3.63) is 35.4 Å². The minimum atomic E-state index is 0.228. The van der Waals surface area contributed by atoms with Crippen LogP contribution in [0.3, 0.4) is 0 Å². The fourth-order valence-electron chi connectivity index (χ4n) is 1.65. The number of aliphatic hydroxyl groups is 1. The minimum absolute atomic E-state index is 0.228. The van der Waals surface area contributed by atoms with Crippen molar-refractivity contribution in [1.29, 1.82) is 0 Å². The average molecular weight is 193 g/mol. The third kappa shape index (κ3) is 3.13. The molecule has 0 aromatic heterocycles. The third-order valence-corrected chi connectivity index (χ3v) is 2.31. The van der Waals surface area contributed by atoms with Crippen LogP contribution in [0.25, 0.3) is 0 Å². The van der Waals surface area contributed by atoms with Gasteiger partial charge in [0.1, 0.15) is 0 Å². The van der Waals surface area contributed by atoms with Crippen LogP contribution in [0.4, 0.5) is 0 Å². The van der Waals surface area contributed by atoms with E-state index in [1.165, 1.54) is 11.1 Å². The molecule has 2 heteroatoms. The Morgan fingerprint density at radius 1 is 1.43 bits per heavy atom. The molecule has 0 aliphatic rings. The van der Waals surface area contributed by atoms with Gasteiger partial charge in [-0.2, -0.15) is 0 Å². The molecule has 0 aliphatic heterocycles. The first-order valence-electron chi connectivity index (χ1n) is 5.18. The summed E-state index contributed by atoms with van der Waals surface area (Å²) in [6.45, 7) is 5.33. The first-order chi connectivity index (χ1) is 6.77. The quantitative estimate of drug-likeness (QED) is 0.750. The van der Waals surface area contributed by atoms with E-state index in [9.17, 15) is 0 Å². The molecule has 1 unspecified atom stereocenters. The maximum Gasteiger partial charge on any atom is 0.0449 e. The van der Waals surface area contributed by atoms with E-state index in [1.807, 2.05) is 0 Å². The van der Waals surface area contributed by atoms with Gasteiger partial charge in [-0.1, -0.05) is 36.8 Å². The second-order valence-electron chi connectivity index (χ2n) is 3.54. The summed E-state index contributed by atoms with van der Waals surface area (Å²) in [6, 6.07) is 8.71. The molecule has 0 saturated carbocycles. The van der Waals surface area contributed by atoms with Gasteiger partial charge in [-0.25, -0.2) is 0 Å². The lowest BCUT2D eigenvalue weighted by Crippen LogP contribution is -2.21. The number of hydrogen-bond donors (Lipinski definition) is 2. The molecular formula is C12H19NO. The zero-order chi connectivity index (χ0) is 10.4. The van der Waals surface area contributed by atoms with Gasteiger partial charge in [0, 0.05) is 12.6 Å². The van der Waals surface area contributed by atoms with Gasteiger partial charge in [0.2, 0.25) is 0 Å².